The van der Waals surface area contributed by atoms with Gasteiger partial charge in [-0.05, 0) is 36.5 Å². The highest BCUT2D eigenvalue weighted by Crippen LogP contribution is 2.40. The van der Waals surface area contributed by atoms with E-state index in [2.05, 4.69) is 38.1 Å². The van der Waals surface area contributed by atoms with Gasteiger partial charge in [-0.25, -0.2) is 4.79 Å². The summed E-state index contributed by atoms with van der Waals surface area (Å²) in [5, 5.41) is 0. The van der Waals surface area contributed by atoms with Crippen LogP contribution in [0.1, 0.15) is 62.3 Å². The van der Waals surface area contributed by atoms with Crippen LogP contribution >= 0.6 is 0 Å². The molecular formula is C32H39NO4. The Morgan fingerprint density at radius 2 is 1.46 bits per heavy atom. The maximum atomic E-state index is 13.5. The molecule has 3 aromatic carbocycles. The molecule has 0 N–H and O–H groups in total. The first kappa shape index (κ1) is 26.9. The fourth-order valence-corrected chi connectivity index (χ4v) is 5.00. The lowest BCUT2D eigenvalue weighted by atomic mass is 9.96. The number of benzene rings is 3. The second kappa shape index (κ2) is 14.0. The number of hydrogen-bond donors (Lipinski definition) is 0. The fraction of sp³-hybridized carbons (Fsp3) is 0.406. The normalized spacial score (nSPS) is 20.1. The van der Waals surface area contributed by atoms with E-state index in [0.717, 1.165) is 42.4 Å². The maximum Gasteiger partial charge on any atom is 0.412 e. The lowest BCUT2D eigenvalue weighted by Crippen LogP contribution is -2.45. The molecule has 1 fully saturated rings. The van der Waals surface area contributed by atoms with Crippen molar-refractivity contribution >= 4 is 6.09 Å². The van der Waals surface area contributed by atoms with E-state index in [1.165, 1.54) is 0 Å². The Morgan fingerprint density at radius 3 is 2.08 bits per heavy atom. The molecule has 1 saturated heterocycles. The van der Waals surface area contributed by atoms with E-state index in [-0.39, 0.29) is 37.0 Å². The summed E-state index contributed by atoms with van der Waals surface area (Å²) in [4.78, 5) is 15.3. The van der Waals surface area contributed by atoms with E-state index < -0.39 is 0 Å². The molecule has 4 atom stereocenters. The summed E-state index contributed by atoms with van der Waals surface area (Å²) >= 11 is 0. The third-order valence-corrected chi connectivity index (χ3v) is 7.06. The molecule has 1 aliphatic heterocycles. The predicted octanol–water partition coefficient (Wildman–Crippen LogP) is 7.52. The summed E-state index contributed by atoms with van der Waals surface area (Å²) in [7, 11) is 0. The first-order valence-corrected chi connectivity index (χ1v) is 13.5. The smallest absolute Gasteiger partial charge is 0.412 e. The van der Waals surface area contributed by atoms with Crippen molar-refractivity contribution < 1.29 is 19.0 Å². The number of rotatable bonds is 12. The molecule has 1 unspecified atom stereocenters. The van der Waals surface area contributed by atoms with Crippen LogP contribution in [0.25, 0.3) is 0 Å². The van der Waals surface area contributed by atoms with Crippen LogP contribution in [0, 0.1) is 5.92 Å². The zero-order valence-corrected chi connectivity index (χ0v) is 22.0. The molecule has 3 aromatic rings. The quantitative estimate of drug-likeness (QED) is 0.241. The van der Waals surface area contributed by atoms with E-state index >= 15 is 0 Å². The lowest BCUT2D eigenvalue weighted by Gasteiger charge is -2.31. The van der Waals surface area contributed by atoms with Gasteiger partial charge in [0.05, 0.1) is 12.6 Å². The molecule has 0 radical (unpaired) electrons. The Bertz CT molecular complexity index is 1060. The van der Waals surface area contributed by atoms with Gasteiger partial charge in [0.15, 0.2) is 0 Å². The van der Waals surface area contributed by atoms with Crippen molar-refractivity contribution in [3.8, 4) is 0 Å². The number of nitrogens with zero attached hydrogens (tertiary/aromatic N) is 1. The van der Waals surface area contributed by atoms with Crippen LogP contribution in [-0.2, 0) is 27.4 Å². The van der Waals surface area contributed by atoms with Crippen molar-refractivity contribution in [2.75, 3.05) is 6.61 Å². The van der Waals surface area contributed by atoms with E-state index in [1.54, 1.807) is 0 Å². The minimum atomic E-state index is -0.365. The largest absolute Gasteiger partial charge is 0.444 e. The second-order valence-electron chi connectivity index (χ2n) is 9.78. The van der Waals surface area contributed by atoms with Gasteiger partial charge in [-0.3, -0.25) is 4.90 Å². The number of carbonyl (C=O) groups excluding carboxylic acids is 1. The van der Waals surface area contributed by atoms with Crippen LogP contribution in [0.15, 0.2) is 91.0 Å². The van der Waals surface area contributed by atoms with Gasteiger partial charge in [0, 0.05) is 12.5 Å². The number of carbonyl (C=O) groups is 1. The Labute approximate surface area is 221 Å². The van der Waals surface area contributed by atoms with Gasteiger partial charge in [0.1, 0.15) is 18.9 Å². The van der Waals surface area contributed by atoms with Crippen LogP contribution in [0.2, 0.25) is 0 Å². The van der Waals surface area contributed by atoms with Gasteiger partial charge in [0.2, 0.25) is 0 Å². The molecular weight excluding hydrogens is 462 g/mol. The van der Waals surface area contributed by atoms with Gasteiger partial charge in [-0.2, -0.15) is 0 Å². The summed E-state index contributed by atoms with van der Waals surface area (Å²) in [5.41, 5.74) is 3.21. The third-order valence-electron chi connectivity index (χ3n) is 7.06. The van der Waals surface area contributed by atoms with Gasteiger partial charge in [-0.15, -0.1) is 0 Å². The first-order chi connectivity index (χ1) is 18.2. The summed E-state index contributed by atoms with van der Waals surface area (Å²) in [6.45, 7) is 5.69. The summed E-state index contributed by atoms with van der Waals surface area (Å²) in [6.07, 6.45) is 3.04. The molecule has 0 bridgehead atoms. The van der Waals surface area contributed by atoms with Crippen molar-refractivity contribution in [2.24, 2.45) is 5.92 Å². The standard InChI is InChI=1S/C32H39NO4/c1-3-4-18-29(21-22-35-23-26-14-8-5-9-15-26)31-33(32(34)36-24-27-16-10-6-11-17-27)25(2)30(37-31)28-19-12-7-13-20-28/h5-17,19-20,25,29-31H,3-4,18,21-24H2,1-2H3/t25-,29-,30-,31?/m0/s1. The molecule has 1 heterocycles. The molecule has 1 amide bonds. The van der Waals surface area contributed by atoms with Crippen molar-refractivity contribution in [3.63, 3.8) is 0 Å². The van der Waals surface area contributed by atoms with Crippen LogP contribution in [0.4, 0.5) is 4.79 Å². The molecule has 0 aliphatic carbocycles. The minimum Gasteiger partial charge on any atom is -0.444 e. The average molecular weight is 502 g/mol. The van der Waals surface area contributed by atoms with E-state index in [9.17, 15) is 4.79 Å². The minimum absolute atomic E-state index is 0.148. The molecule has 5 heteroatoms. The van der Waals surface area contributed by atoms with E-state index in [0.29, 0.717) is 13.2 Å². The molecule has 5 nitrogen and oxygen atoms in total. The SMILES string of the molecule is CCCC[C@@H](CCOCc1ccccc1)C1O[C@H](c2ccccc2)[C@H](C)N1C(=O)OCc1ccccc1. The van der Waals surface area contributed by atoms with Crippen LogP contribution in [-0.4, -0.2) is 29.9 Å². The maximum absolute atomic E-state index is 13.5. The van der Waals surface area contributed by atoms with Crippen LogP contribution in [0.5, 0.6) is 0 Å². The topological polar surface area (TPSA) is 48.0 Å². The number of hydrogen-bond acceptors (Lipinski definition) is 4. The third kappa shape index (κ3) is 7.43. The fourth-order valence-electron chi connectivity index (χ4n) is 5.00. The van der Waals surface area contributed by atoms with Crippen LogP contribution in [0.3, 0.4) is 0 Å². The Balaban J connectivity index is 1.48. The van der Waals surface area contributed by atoms with Gasteiger partial charge in [0.25, 0.3) is 0 Å². The Kier molecular flexibility index (Phi) is 10.2. The van der Waals surface area contributed by atoms with Crippen molar-refractivity contribution in [1.82, 2.24) is 4.90 Å². The van der Waals surface area contributed by atoms with Crippen molar-refractivity contribution in [2.45, 2.75) is 71.1 Å². The van der Waals surface area contributed by atoms with E-state index in [4.69, 9.17) is 14.2 Å². The number of ether oxygens (including phenoxy) is 3. The lowest BCUT2D eigenvalue weighted by molar-refractivity contribution is -0.0509. The van der Waals surface area contributed by atoms with Gasteiger partial charge in [-0.1, -0.05) is 111 Å². The summed E-state index contributed by atoms with van der Waals surface area (Å²) in [5.74, 6) is 0.149. The summed E-state index contributed by atoms with van der Waals surface area (Å²) < 4.78 is 18.5. The molecule has 0 aromatic heterocycles. The number of unbranched alkanes of at least 4 members (excludes halogenated alkanes) is 1. The Hall–Kier alpha value is -3.15. The zero-order chi connectivity index (χ0) is 25.9. The zero-order valence-electron chi connectivity index (χ0n) is 22.0. The van der Waals surface area contributed by atoms with E-state index in [1.807, 2.05) is 71.6 Å². The number of amides is 1. The molecule has 37 heavy (non-hydrogen) atoms. The van der Waals surface area contributed by atoms with Crippen molar-refractivity contribution in [3.05, 3.63) is 108 Å². The molecule has 196 valence electrons. The molecule has 0 spiro atoms. The molecule has 4 rings (SSSR count). The van der Waals surface area contributed by atoms with Crippen molar-refractivity contribution in [1.29, 1.82) is 0 Å². The highest BCUT2D eigenvalue weighted by molar-refractivity contribution is 5.69. The molecule has 0 saturated carbocycles. The monoisotopic (exact) mass is 501 g/mol. The predicted molar refractivity (Wildman–Crippen MR) is 146 cm³/mol. The summed E-state index contributed by atoms with van der Waals surface area (Å²) in [6, 6.07) is 30.0. The highest BCUT2D eigenvalue weighted by Gasteiger charge is 2.46. The highest BCUT2D eigenvalue weighted by atomic mass is 16.6. The second-order valence-corrected chi connectivity index (χ2v) is 9.78. The molecule has 1 aliphatic rings. The Morgan fingerprint density at radius 1 is 0.865 bits per heavy atom. The van der Waals surface area contributed by atoms with Crippen LogP contribution < -0.4 is 0 Å². The van der Waals surface area contributed by atoms with Gasteiger partial charge >= 0.3 is 6.09 Å². The first-order valence-electron chi connectivity index (χ1n) is 13.5. The average Bonchev–Trinajstić information content (AvgIpc) is 3.29. The van der Waals surface area contributed by atoms with Gasteiger partial charge < -0.3 is 14.2 Å².